The molecule has 0 amide bonds. The Morgan fingerprint density at radius 2 is 1.59 bits per heavy atom. The number of carbonyl (C=O) groups is 2. The smallest absolute Gasteiger partial charge is 0.190 e. The van der Waals surface area contributed by atoms with Crippen LogP contribution in [0.25, 0.3) is 0 Å². The van der Waals surface area contributed by atoms with Crippen LogP contribution in [0.15, 0.2) is 45.6 Å². The molecule has 0 atom stereocenters. The largest absolute Gasteiger partial charge is 0.289 e. The Morgan fingerprint density at radius 1 is 0.955 bits per heavy atom. The fourth-order valence-electron chi connectivity index (χ4n) is 4.07. The molecule has 0 spiro atoms. The molecule has 0 heterocycles. The standard InChI is InChI=1S/C20H24O2/c1-11-12(2)20(5,6)10-14-15(11)18(22)16-13(17(14)21)8-7-9-19(16,3)4/h7,9H,8,10H2,1-6H3. The number of allylic oxidation sites excluding steroid dienone is 8. The fraction of sp³-hybridized carbons (Fsp3) is 0.500. The van der Waals surface area contributed by atoms with Crippen LogP contribution in [0.5, 0.6) is 0 Å². The molecular formula is C20H24O2. The van der Waals surface area contributed by atoms with Gasteiger partial charge in [0.25, 0.3) is 0 Å². The van der Waals surface area contributed by atoms with Crippen molar-refractivity contribution in [2.24, 2.45) is 10.8 Å². The topological polar surface area (TPSA) is 34.1 Å². The lowest BCUT2D eigenvalue weighted by Crippen LogP contribution is -2.36. The molecule has 0 aromatic heterocycles. The predicted molar refractivity (Wildman–Crippen MR) is 88.4 cm³/mol. The molecule has 116 valence electrons. The van der Waals surface area contributed by atoms with E-state index in [9.17, 15) is 9.59 Å². The van der Waals surface area contributed by atoms with E-state index >= 15 is 0 Å². The van der Waals surface area contributed by atoms with Crippen molar-refractivity contribution in [1.29, 1.82) is 0 Å². The maximum atomic E-state index is 13.2. The monoisotopic (exact) mass is 296 g/mol. The lowest BCUT2D eigenvalue weighted by atomic mass is 9.62. The summed E-state index contributed by atoms with van der Waals surface area (Å²) in [7, 11) is 0. The van der Waals surface area contributed by atoms with Gasteiger partial charge in [-0.05, 0) is 37.7 Å². The molecule has 0 aliphatic heterocycles. The van der Waals surface area contributed by atoms with E-state index in [4.69, 9.17) is 0 Å². The van der Waals surface area contributed by atoms with E-state index in [1.165, 1.54) is 5.57 Å². The summed E-state index contributed by atoms with van der Waals surface area (Å²) < 4.78 is 0. The van der Waals surface area contributed by atoms with Crippen LogP contribution >= 0.6 is 0 Å². The van der Waals surface area contributed by atoms with Gasteiger partial charge in [-0.3, -0.25) is 9.59 Å². The number of rotatable bonds is 0. The first-order valence-electron chi connectivity index (χ1n) is 8.00. The molecule has 22 heavy (non-hydrogen) atoms. The Morgan fingerprint density at radius 3 is 2.23 bits per heavy atom. The predicted octanol–water partition coefficient (Wildman–Crippen LogP) is 4.48. The second-order valence-electron chi connectivity index (χ2n) is 8.00. The summed E-state index contributed by atoms with van der Waals surface area (Å²) >= 11 is 0. The molecule has 0 bridgehead atoms. The quantitative estimate of drug-likeness (QED) is 0.488. The van der Waals surface area contributed by atoms with Crippen molar-refractivity contribution in [1.82, 2.24) is 0 Å². The Labute approximate surface area is 132 Å². The summed E-state index contributed by atoms with van der Waals surface area (Å²) in [6, 6.07) is 0. The van der Waals surface area contributed by atoms with Gasteiger partial charge < -0.3 is 0 Å². The normalized spacial score (nSPS) is 26.5. The average Bonchev–Trinajstić information content (AvgIpc) is 2.40. The van der Waals surface area contributed by atoms with Crippen molar-refractivity contribution < 1.29 is 9.59 Å². The molecule has 2 nitrogen and oxygen atoms in total. The maximum absolute atomic E-state index is 13.2. The Bertz CT molecular complexity index is 734. The lowest BCUT2D eigenvalue weighted by molar-refractivity contribution is -0.117. The van der Waals surface area contributed by atoms with Gasteiger partial charge in [0.1, 0.15) is 0 Å². The number of hydrogen-bond acceptors (Lipinski definition) is 2. The summed E-state index contributed by atoms with van der Waals surface area (Å²) in [5.41, 5.74) is 4.66. The minimum atomic E-state index is -0.361. The minimum Gasteiger partial charge on any atom is -0.289 e. The highest BCUT2D eigenvalue weighted by atomic mass is 16.1. The van der Waals surface area contributed by atoms with Gasteiger partial charge in [-0.2, -0.15) is 0 Å². The summed E-state index contributed by atoms with van der Waals surface area (Å²) in [5, 5.41) is 0. The zero-order valence-electron chi connectivity index (χ0n) is 14.4. The SMILES string of the molecule is CC1=C(C)C(C)(C)CC2=C1C(=O)C1=C(CC=CC1(C)C)C2=O. The van der Waals surface area contributed by atoms with Crippen LogP contribution in [0.3, 0.4) is 0 Å². The van der Waals surface area contributed by atoms with E-state index in [2.05, 4.69) is 26.8 Å². The molecule has 3 aliphatic rings. The van der Waals surface area contributed by atoms with E-state index in [0.717, 1.165) is 16.7 Å². The molecular weight excluding hydrogens is 272 g/mol. The van der Waals surface area contributed by atoms with Crippen LogP contribution in [0.1, 0.15) is 54.4 Å². The van der Waals surface area contributed by atoms with Gasteiger partial charge >= 0.3 is 0 Å². The summed E-state index contributed by atoms with van der Waals surface area (Å²) in [6.45, 7) is 12.4. The number of hydrogen-bond donors (Lipinski definition) is 0. The van der Waals surface area contributed by atoms with Gasteiger partial charge in [-0.15, -0.1) is 0 Å². The van der Waals surface area contributed by atoms with Crippen molar-refractivity contribution in [3.63, 3.8) is 0 Å². The molecule has 3 rings (SSSR count). The molecule has 3 aliphatic carbocycles. The van der Waals surface area contributed by atoms with E-state index in [-0.39, 0.29) is 22.4 Å². The van der Waals surface area contributed by atoms with Crippen molar-refractivity contribution in [2.75, 3.05) is 0 Å². The van der Waals surface area contributed by atoms with Crippen molar-refractivity contribution in [2.45, 2.75) is 54.4 Å². The van der Waals surface area contributed by atoms with Crippen molar-refractivity contribution in [3.8, 4) is 0 Å². The van der Waals surface area contributed by atoms with Crippen LogP contribution in [0, 0.1) is 10.8 Å². The molecule has 0 aromatic rings. The molecule has 0 aromatic carbocycles. The average molecular weight is 296 g/mol. The van der Waals surface area contributed by atoms with Gasteiger partial charge in [0.2, 0.25) is 0 Å². The molecule has 0 N–H and O–H groups in total. The van der Waals surface area contributed by atoms with Crippen LogP contribution < -0.4 is 0 Å². The van der Waals surface area contributed by atoms with Crippen LogP contribution in [-0.4, -0.2) is 11.6 Å². The summed E-state index contributed by atoms with van der Waals surface area (Å²) in [4.78, 5) is 26.2. The molecule has 0 radical (unpaired) electrons. The minimum absolute atomic E-state index is 0.0586. The molecule has 0 saturated heterocycles. The summed E-state index contributed by atoms with van der Waals surface area (Å²) in [5.74, 6) is 0.174. The highest BCUT2D eigenvalue weighted by molar-refractivity contribution is 6.28. The van der Waals surface area contributed by atoms with E-state index in [0.29, 0.717) is 24.0 Å². The van der Waals surface area contributed by atoms with Gasteiger partial charge in [-0.1, -0.05) is 45.4 Å². The zero-order valence-corrected chi connectivity index (χ0v) is 14.4. The maximum Gasteiger partial charge on any atom is 0.190 e. The fourth-order valence-corrected chi connectivity index (χ4v) is 4.07. The number of Topliss-reactive ketones (excluding diaryl/α,β-unsaturated/α-hetero) is 2. The zero-order chi connectivity index (χ0) is 16.4. The Kier molecular flexibility index (Phi) is 3.05. The molecule has 0 fully saturated rings. The van der Waals surface area contributed by atoms with Gasteiger partial charge in [0.15, 0.2) is 11.6 Å². The van der Waals surface area contributed by atoms with Gasteiger partial charge in [0, 0.05) is 27.7 Å². The lowest BCUT2D eigenvalue weighted by Gasteiger charge is -2.40. The molecule has 0 unspecified atom stereocenters. The second-order valence-corrected chi connectivity index (χ2v) is 8.00. The van der Waals surface area contributed by atoms with Crippen LogP contribution in [-0.2, 0) is 9.59 Å². The van der Waals surface area contributed by atoms with E-state index in [1.807, 2.05) is 26.8 Å². The van der Waals surface area contributed by atoms with Crippen molar-refractivity contribution >= 4 is 11.6 Å². The number of ketones is 2. The third-order valence-electron chi connectivity index (χ3n) is 5.68. The van der Waals surface area contributed by atoms with E-state index < -0.39 is 0 Å². The van der Waals surface area contributed by atoms with Gasteiger partial charge in [0.05, 0.1) is 0 Å². The first kappa shape index (κ1) is 15.2. The first-order valence-corrected chi connectivity index (χ1v) is 8.00. The summed E-state index contributed by atoms with van der Waals surface area (Å²) in [6.07, 6.45) is 5.33. The highest BCUT2D eigenvalue weighted by Gasteiger charge is 2.45. The third kappa shape index (κ3) is 1.86. The first-order chi connectivity index (χ1) is 10.1. The highest BCUT2D eigenvalue weighted by Crippen LogP contribution is 2.50. The van der Waals surface area contributed by atoms with Crippen LogP contribution in [0.2, 0.25) is 0 Å². The molecule has 2 heteroatoms. The van der Waals surface area contributed by atoms with Gasteiger partial charge in [-0.25, -0.2) is 0 Å². The second kappa shape index (κ2) is 4.41. The van der Waals surface area contributed by atoms with E-state index in [1.54, 1.807) is 0 Å². The Hall–Kier alpha value is -1.70. The van der Waals surface area contributed by atoms with Crippen molar-refractivity contribution in [3.05, 3.63) is 45.6 Å². The third-order valence-corrected chi connectivity index (χ3v) is 5.68. The number of carbonyl (C=O) groups excluding carboxylic acids is 2. The van der Waals surface area contributed by atoms with Crippen LogP contribution in [0.4, 0.5) is 0 Å². The Balaban J connectivity index is 2.23. The molecule has 0 saturated carbocycles.